The molecule has 0 saturated heterocycles. The first-order valence-electron chi connectivity index (χ1n) is 10.9. The van der Waals surface area contributed by atoms with E-state index in [0.29, 0.717) is 17.0 Å². The molecule has 36 heavy (non-hydrogen) atoms. The highest BCUT2D eigenvalue weighted by atomic mass is 32.1. The fourth-order valence-corrected chi connectivity index (χ4v) is 5.26. The molecule has 0 spiro atoms. The van der Waals surface area contributed by atoms with E-state index in [1.165, 1.54) is 12.1 Å². The van der Waals surface area contributed by atoms with Crippen LogP contribution in [0.1, 0.15) is 41.5 Å². The number of hydrogen-bond donors (Lipinski definition) is 2. The van der Waals surface area contributed by atoms with Crippen LogP contribution in [-0.2, 0) is 30.7 Å². The predicted molar refractivity (Wildman–Crippen MR) is 127 cm³/mol. The van der Waals surface area contributed by atoms with Crippen molar-refractivity contribution in [3.8, 4) is 11.6 Å². The van der Waals surface area contributed by atoms with E-state index in [9.17, 15) is 27.6 Å². The van der Waals surface area contributed by atoms with Gasteiger partial charge in [-0.1, -0.05) is 35.6 Å². The molecule has 3 aromatic rings. The average molecular weight is 547 g/mol. The van der Waals surface area contributed by atoms with Crippen molar-refractivity contribution in [2.24, 2.45) is 0 Å². The third-order valence-corrected chi connectivity index (χ3v) is 7.36. The zero-order valence-corrected chi connectivity index (χ0v) is 21.1. The lowest BCUT2D eigenvalue weighted by Crippen LogP contribution is -2.15. The number of hydrogen-bond acceptors (Lipinski definition) is 8. The molecule has 1 heterocycles. The minimum absolute atomic E-state index is 0.0325. The van der Waals surface area contributed by atoms with Gasteiger partial charge < -0.3 is 9.84 Å². The van der Waals surface area contributed by atoms with Gasteiger partial charge in [0, 0.05) is 6.42 Å². The summed E-state index contributed by atoms with van der Waals surface area (Å²) in [5.41, 5.74) is 0.260. The van der Waals surface area contributed by atoms with Gasteiger partial charge in [-0.25, -0.2) is 4.57 Å². The van der Waals surface area contributed by atoms with Crippen LogP contribution >= 0.6 is 19.2 Å². The Morgan fingerprint density at radius 1 is 1.03 bits per heavy atom. The summed E-state index contributed by atoms with van der Waals surface area (Å²) in [6, 6.07) is 11.0. The van der Waals surface area contributed by atoms with Gasteiger partial charge in [0.25, 0.3) is 0 Å². The summed E-state index contributed by atoms with van der Waals surface area (Å²) >= 11 is 0.911. The number of aromatic hydroxyl groups is 1. The van der Waals surface area contributed by atoms with E-state index in [1.807, 2.05) is 0 Å². The first kappa shape index (κ1) is 27.9. The van der Waals surface area contributed by atoms with Gasteiger partial charge in [0.2, 0.25) is 5.88 Å². The standard InChI is InChI=1S/C23H25F3NO7PS/c1-3-32-35(30,33-4-2)34-19(16-7-9-17(10-8-16)23(24,25)26)14-31-18-11-5-15(6-12-18)13-20-21(28)27-22(29)36-20/h5-12,19,28H,3-4,13-14H2,1-2H3,(H,27,29). The number of alkyl halides is 3. The molecule has 1 atom stereocenters. The number of ether oxygens (including phenoxy) is 1. The zero-order chi connectivity index (χ0) is 26.3. The van der Waals surface area contributed by atoms with Gasteiger partial charge in [-0.3, -0.25) is 23.3 Å². The molecule has 0 bridgehead atoms. The number of aromatic amines is 1. The predicted octanol–water partition coefficient (Wildman–Crippen LogP) is 6.07. The minimum atomic E-state index is -4.51. The first-order chi connectivity index (χ1) is 17.0. The highest BCUT2D eigenvalue weighted by Crippen LogP contribution is 2.53. The molecule has 3 rings (SSSR count). The van der Waals surface area contributed by atoms with Crippen molar-refractivity contribution >= 4 is 19.2 Å². The van der Waals surface area contributed by atoms with E-state index in [-0.39, 0.29) is 36.1 Å². The van der Waals surface area contributed by atoms with E-state index < -0.39 is 25.7 Å². The SMILES string of the molecule is CCOP(=O)(OCC)OC(COc1ccc(Cc2sc(=O)[nH]c2O)cc1)c1ccc(C(F)(F)F)cc1. The van der Waals surface area contributed by atoms with Crippen LogP contribution in [0.25, 0.3) is 0 Å². The Balaban J connectivity index is 1.76. The quantitative estimate of drug-likeness (QED) is 0.265. The number of thiazole rings is 1. The van der Waals surface area contributed by atoms with Crippen molar-refractivity contribution in [1.29, 1.82) is 0 Å². The van der Waals surface area contributed by atoms with Crippen molar-refractivity contribution < 1.29 is 41.2 Å². The number of phosphoric acid groups is 1. The van der Waals surface area contributed by atoms with Crippen LogP contribution in [0, 0.1) is 0 Å². The van der Waals surface area contributed by atoms with Gasteiger partial charge in [-0.2, -0.15) is 13.2 Å². The smallest absolute Gasteiger partial charge is 0.475 e. The molecule has 1 aromatic heterocycles. The molecule has 2 aromatic carbocycles. The monoisotopic (exact) mass is 547 g/mol. The number of rotatable bonds is 12. The van der Waals surface area contributed by atoms with E-state index in [0.717, 1.165) is 29.0 Å². The van der Waals surface area contributed by atoms with Gasteiger partial charge in [-0.15, -0.1) is 0 Å². The van der Waals surface area contributed by atoms with E-state index in [1.54, 1.807) is 38.1 Å². The number of halogens is 3. The first-order valence-corrected chi connectivity index (χ1v) is 13.2. The summed E-state index contributed by atoms with van der Waals surface area (Å²) in [5.74, 6) is 0.239. The van der Waals surface area contributed by atoms with Crippen LogP contribution in [0.4, 0.5) is 13.2 Å². The lowest BCUT2D eigenvalue weighted by molar-refractivity contribution is -0.137. The molecule has 0 aliphatic carbocycles. The molecule has 1 unspecified atom stereocenters. The van der Waals surface area contributed by atoms with Crippen LogP contribution in [0.5, 0.6) is 11.6 Å². The van der Waals surface area contributed by atoms with Crippen molar-refractivity contribution in [2.75, 3.05) is 19.8 Å². The molecular formula is C23H25F3NO7PS. The molecular weight excluding hydrogens is 522 g/mol. The van der Waals surface area contributed by atoms with Gasteiger partial charge in [0.1, 0.15) is 18.5 Å². The molecule has 0 radical (unpaired) electrons. The van der Waals surface area contributed by atoms with Crippen molar-refractivity contribution in [3.63, 3.8) is 0 Å². The number of H-pyrrole nitrogens is 1. The summed E-state index contributed by atoms with van der Waals surface area (Å²) in [7, 11) is -4.01. The highest BCUT2D eigenvalue weighted by Gasteiger charge is 2.33. The topological polar surface area (TPSA) is 107 Å². The third kappa shape index (κ3) is 7.68. The second kappa shape index (κ2) is 12.1. The molecule has 0 aliphatic heterocycles. The van der Waals surface area contributed by atoms with Crippen LogP contribution in [0.2, 0.25) is 0 Å². The van der Waals surface area contributed by atoms with E-state index in [4.69, 9.17) is 18.3 Å². The van der Waals surface area contributed by atoms with Gasteiger partial charge in [0.05, 0.1) is 23.7 Å². The molecule has 0 fully saturated rings. The van der Waals surface area contributed by atoms with Crippen molar-refractivity contribution in [1.82, 2.24) is 4.98 Å². The maximum atomic E-state index is 13.0. The number of aromatic nitrogens is 1. The number of benzene rings is 2. The summed E-state index contributed by atoms with van der Waals surface area (Å²) in [6.45, 7) is 3.07. The Hall–Kier alpha value is -2.63. The fraction of sp³-hybridized carbons (Fsp3) is 0.348. The highest BCUT2D eigenvalue weighted by molar-refractivity contribution is 7.48. The number of phosphoric ester groups is 1. The molecule has 8 nitrogen and oxygen atoms in total. The van der Waals surface area contributed by atoms with Crippen molar-refractivity contribution in [2.45, 2.75) is 32.5 Å². The van der Waals surface area contributed by atoms with E-state index in [2.05, 4.69) is 4.98 Å². The lowest BCUT2D eigenvalue weighted by Gasteiger charge is -2.24. The summed E-state index contributed by atoms with van der Waals surface area (Å²) < 4.78 is 73.6. The fourth-order valence-electron chi connectivity index (χ4n) is 3.18. The number of nitrogens with one attached hydrogen (secondary N) is 1. The Morgan fingerprint density at radius 2 is 1.64 bits per heavy atom. The zero-order valence-electron chi connectivity index (χ0n) is 19.4. The van der Waals surface area contributed by atoms with E-state index >= 15 is 0 Å². The Labute approximate surface area is 209 Å². The van der Waals surface area contributed by atoms with Crippen LogP contribution in [-0.4, -0.2) is 29.9 Å². The molecule has 13 heteroatoms. The van der Waals surface area contributed by atoms with Crippen LogP contribution in [0.3, 0.4) is 0 Å². The maximum Gasteiger partial charge on any atom is 0.475 e. The summed E-state index contributed by atoms with van der Waals surface area (Å²) in [4.78, 5) is 13.8. The van der Waals surface area contributed by atoms with Gasteiger partial charge in [0.15, 0.2) is 0 Å². The van der Waals surface area contributed by atoms with Crippen molar-refractivity contribution in [3.05, 3.63) is 79.8 Å². The molecule has 0 amide bonds. The Bertz CT molecular complexity index is 1220. The third-order valence-electron chi connectivity index (χ3n) is 4.83. The normalized spacial score (nSPS) is 13.0. The van der Waals surface area contributed by atoms with Crippen LogP contribution in [0.15, 0.2) is 53.3 Å². The minimum Gasteiger partial charge on any atom is -0.494 e. The maximum absolute atomic E-state index is 13.0. The Morgan fingerprint density at radius 3 is 2.14 bits per heavy atom. The average Bonchev–Trinajstić information content (AvgIpc) is 3.13. The molecule has 196 valence electrons. The lowest BCUT2D eigenvalue weighted by atomic mass is 10.1. The second-order valence-corrected chi connectivity index (χ2v) is 10.1. The van der Waals surface area contributed by atoms with Gasteiger partial charge >= 0.3 is 18.9 Å². The largest absolute Gasteiger partial charge is 0.494 e. The summed E-state index contributed by atoms with van der Waals surface area (Å²) in [5, 5.41) is 9.74. The van der Waals surface area contributed by atoms with Gasteiger partial charge in [-0.05, 0) is 49.2 Å². The molecule has 2 N–H and O–H groups in total. The second-order valence-electron chi connectivity index (χ2n) is 7.41. The summed E-state index contributed by atoms with van der Waals surface area (Å²) in [6.07, 6.45) is -5.24. The van der Waals surface area contributed by atoms with Crippen LogP contribution < -0.4 is 9.61 Å². The molecule has 0 aliphatic rings. The Kier molecular flexibility index (Phi) is 9.37. The molecule has 0 saturated carbocycles.